The highest BCUT2D eigenvalue weighted by Crippen LogP contribution is 2.21. The first-order chi connectivity index (χ1) is 13.3. The molecule has 0 unspecified atom stereocenters. The first-order valence-electron chi connectivity index (χ1n) is 8.64. The van der Waals surface area contributed by atoms with Crippen LogP contribution in [0.4, 0.5) is 0 Å². The number of ketones is 1. The van der Waals surface area contributed by atoms with E-state index >= 15 is 0 Å². The molecule has 2 aromatic rings. The van der Waals surface area contributed by atoms with Crippen LogP contribution in [0.5, 0.6) is 0 Å². The Hall–Kier alpha value is -2.85. The summed E-state index contributed by atoms with van der Waals surface area (Å²) in [6.45, 7) is 0.470. The van der Waals surface area contributed by atoms with Crippen molar-refractivity contribution in [3.63, 3.8) is 0 Å². The van der Waals surface area contributed by atoms with Crippen molar-refractivity contribution < 1.29 is 22.7 Å². The number of Topliss-reactive ketones (excluding diaryl/α,β-unsaturated/α-hetero) is 1. The number of carbonyl (C=O) groups is 2. The Balaban J connectivity index is 1.64. The number of rotatable bonds is 6. The van der Waals surface area contributed by atoms with Gasteiger partial charge in [0.15, 0.2) is 18.1 Å². The van der Waals surface area contributed by atoms with Crippen LogP contribution in [-0.4, -0.2) is 54.0 Å². The van der Waals surface area contributed by atoms with Gasteiger partial charge >= 0.3 is 5.97 Å². The van der Waals surface area contributed by atoms with Crippen molar-refractivity contribution in [1.82, 2.24) is 14.1 Å². The zero-order valence-electron chi connectivity index (χ0n) is 15.2. The second-order valence-electron chi connectivity index (χ2n) is 6.32. The number of hydrogen-bond acceptors (Lipinski definition) is 7. The molecule has 1 aromatic heterocycles. The number of aryl methyl sites for hydroxylation is 1. The van der Waals surface area contributed by atoms with Gasteiger partial charge in [-0.1, -0.05) is 0 Å². The van der Waals surface area contributed by atoms with Gasteiger partial charge in [0, 0.05) is 31.8 Å². The molecule has 1 aromatic carbocycles. The number of aromatic nitrogens is 2. The van der Waals surface area contributed by atoms with Gasteiger partial charge in [0.1, 0.15) is 0 Å². The third-order valence-corrected chi connectivity index (χ3v) is 6.30. The number of ether oxygens (including phenoxy) is 1. The van der Waals surface area contributed by atoms with Crippen molar-refractivity contribution in [1.29, 1.82) is 0 Å². The van der Waals surface area contributed by atoms with Gasteiger partial charge in [0.2, 0.25) is 10.0 Å². The lowest BCUT2D eigenvalue weighted by molar-refractivity contribution is 0.0466. The number of esters is 1. The Morgan fingerprint density at radius 1 is 1.07 bits per heavy atom. The van der Waals surface area contributed by atoms with Crippen molar-refractivity contribution >= 4 is 21.8 Å². The van der Waals surface area contributed by atoms with Crippen LogP contribution in [0.1, 0.15) is 33.7 Å². The molecule has 1 fully saturated rings. The Kier molecular flexibility index (Phi) is 5.71. The largest absolute Gasteiger partial charge is 0.453 e. The van der Waals surface area contributed by atoms with Crippen LogP contribution >= 0.6 is 0 Å². The van der Waals surface area contributed by atoms with Gasteiger partial charge < -0.3 is 4.74 Å². The highest BCUT2D eigenvalue weighted by Gasteiger charge is 2.27. The molecule has 1 saturated heterocycles. The minimum absolute atomic E-state index is 0.0954. The quantitative estimate of drug-likeness (QED) is 0.510. The van der Waals surface area contributed by atoms with Crippen LogP contribution in [0.2, 0.25) is 0 Å². The van der Waals surface area contributed by atoms with Gasteiger partial charge in [-0.15, -0.1) is 0 Å². The highest BCUT2D eigenvalue weighted by molar-refractivity contribution is 7.89. The fraction of sp³-hybridized carbons (Fsp3) is 0.333. The Morgan fingerprint density at radius 2 is 1.71 bits per heavy atom. The molecule has 0 radical (unpaired) electrons. The summed E-state index contributed by atoms with van der Waals surface area (Å²) >= 11 is 0. The number of nitrogens with zero attached hydrogens (tertiary/aromatic N) is 3. The van der Waals surface area contributed by atoms with E-state index in [1.165, 1.54) is 47.8 Å². The van der Waals surface area contributed by atoms with E-state index in [0.717, 1.165) is 17.5 Å². The molecule has 9 nitrogen and oxygen atoms in total. The first-order valence-corrected chi connectivity index (χ1v) is 10.1. The normalized spacial score (nSPS) is 14.8. The van der Waals surface area contributed by atoms with Gasteiger partial charge in [-0.2, -0.15) is 9.40 Å². The molecule has 0 spiro atoms. The number of carbonyl (C=O) groups excluding carboxylic acids is 2. The standard InChI is InChI=1S/C18H19N3O6S/c1-20-17(23)9-8-15(19-20)18(24)27-12-16(22)13-4-6-14(7-5-13)28(25,26)21-10-2-3-11-21/h4-9H,2-3,10-12H2,1H3. The Bertz CT molecular complexity index is 1050. The first kappa shape index (κ1) is 19.9. The van der Waals surface area contributed by atoms with Crippen LogP contribution in [0.15, 0.2) is 46.1 Å². The predicted molar refractivity (Wildman–Crippen MR) is 98.5 cm³/mol. The predicted octanol–water partition coefficient (Wildman–Crippen LogP) is 0.604. The maximum absolute atomic E-state index is 12.5. The fourth-order valence-electron chi connectivity index (χ4n) is 2.79. The van der Waals surface area contributed by atoms with E-state index in [0.29, 0.717) is 13.1 Å². The van der Waals surface area contributed by atoms with Crippen molar-refractivity contribution in [2.75, 3.05) is 19.7 Å². The number of sulfonamides is 1. The fourth-order valence-corrected chi connectivity index (χ4v) is 4.31. The van der Waals surface area contributed by atoms with Gasteiger partial charge in [-0.3, -0.25) is 9.59 Å². The lowest BCUT2D eigenvalue weighted by Crippen LogP contribution is -2.27. The average molecular weight is 405 g/mol. The highest BCUT2D eigenvalue weighted by atomic mass is 32.2. The summed E-state index contributed by atoms with van der Waals surface area (Å²) in [6, 6.07) is 7.92. The summed E-state index contributed by atoms with van der Waals surface area (Å²) in [5, 5.41) is 3.75. The third kappa shape index (κ3) is 4.18. The smallest absolute Gasteiger partial charge is 0.359 e. The van der Waals surface area contributed by atoms with E-state index in [4.69, 9.17) is 4.74 Å². The van der Waals surface area contributed by atoms with E-state index in [2.05, 4.69) is 5.10 Å². The number of benzene rings is 1. The number of hydrogen-bond donors (Lipinski definition) is 0. The Morgan fingerprint density at radius 3 is 2.32 bits per heavy atom. The molecule has 3 rings (SSSR count). The van der Waals surface area contributed by atoms with Crippen LogP contribution < -0.4 is 5.56 Å². The molecule has 0 amide bonds. The monoisotopic (exact) mass is 405 g/mol. The van der Waals surface area contributed by atoms with Crippen molar-refractivity contribution in [3.8, 4) is 0 Å². The topological polar surface area (TPSA) is 116 Å². The minimum Gasteiger partial charge on any atom is -0.453 e. The van der Waals surface area contributed by atoms with Crippen molar-refractivity contribution in [3.05, 3.63) is 58.0 Å². The van der Waals surface area contributed by atoms with Crippen LogP contribution in [-0.2, 0) is 21.8 Å². The zero-order valence-corrected chi connectivity index (χ0v) is 16.0. The molecule has 2 heterocycles. The molecule has 148 valence electrons. The lowest BCUT2D eigenvalue weighted by atomic mass is 10.1. The Labute approximate surface area is 161 Å². The van der Waals surface area contributed by atoms with E-state index in [1.54, 1.807) is 0 Å². The van der Waals surface area contributed by atoms with Gasteiger partial charge in [-0.25, -0.2) is 17.9 Å². The summed E-state index contributed by atoms with van der Waals surface area (Å²) in [6.07, 6.45) is 1.68. The molecule has 0 atom stereocenters. The minimum atomic E-state index is -3.55. The maximum Gasteiger partial charge on any atom is 0.359 e. The molecule has 28 heavy (non-hydrogen) atoms. The average Bonchev–Trinajstić information content (AvgIpc) is 3.24. The molecule has 0 bridgehead atoms. The summed E-state index contributed by atoms with van der Waals surface area (Å²) in [4.78, 5) is 35.5. The third-order valence-electron chi connectivity index (χ3n) is 4.38. The molecular formula is C18H19N3O6S. The second-order valence-corrected chi connectivity index (χ2v) is 8.25. The second kappa shape index (κ2) is 8.03. The summed E-state index contributed by atoms with van der Waals surface area (Å²) < 4.78 is 32.3. The summed E-state index contributed by atoms with van der Waals surface area (Å²) in [5.41, 5.74) is -0.250. The van der Waals surface area contributed by atoms with Crippen LogP contribution in [0, 0.1) is 0 Å². The van der Waals surface area contributed by atoms with Crippen molar-refractivity contribution in [2.45, 2.75) is 17.7 Å². The zero-order chi connectivity index (χ0) is 20.3. The van der Waals surface area contributed by atoms with E-state index in [9.17, 15) is 22.8 Å². The van der Waals surface area contributed by atoms with Crippen molar-refractivity contribution in [2.24, 2.45) is 7.05 Å². The molecular weight excluding hydrogens is 386 g/mol. The van der Waals surface area contributed by atoms with E-state index < -0.39 is 28.4 Å². The molecule has 10 heteroatoms. The van der Waals surface area contributed by atoms with Gasteiger partial charge in [-0.05, 0) is 43.2 Å². The summed E-state index contributed by atoms with van der Waals surface area (Å²) in [7, 11) is -2.16. The molecule has 1 aliphatic rings. The van der Waals surface area contributed by atoms with E-state index in [-0.39, 0.29) is 21.7 Å². The van der Waals surface area contributed by atoms with Crippen LogP contribution in [0.25, 0.3) is 0 Å². The van der Waals surface area contributed by atoms with Gasteiger partial charge in [0.25, 0.3) is 5.56 Å². The molecule has 0 N–H and O–H groups in total. The van der Waals surface area contributed by atoms with Crippen LogP contribution in [0.3, 0.4) is 0 Å². The SMILES string of the molecule is Cn1nc(C(=O)OCC(=O)c2ccc(S(=O)(=O)N3CCCC3)cc2)ccc1=O. The van der Waals surface area contributed by atoms with Gasteiger partial charge in [0.05, 0.1) is 4.90 Å². The van der Waals surface area contributed by atoms with E-state index in [1.807, 2.05) is 0 Å². The maximum atomic E-state index is 12.5. The summed E-state index contributed by atoms with van der Waals surface area (Å²) in [5.74, 6) is -1.32. The molecule has 0 saturated carbocycles. The molecule has 1 aliphatic heterocycles. The lowest BCUT2D eigenvalue weighted by Gasteiger charge is -2.15. The molecule has 0 aliphatic carbocycles.